The van der Waals surface area contributed by atoms with E-state index in [1.165, 1.54) is 23.5 Å². The minimum Gasteiger partial charge on any atom is -0.345 e. The van der Waals surface area contributed by atoms with E-state index in [0.29, 0.717) is 5.56 Å². The van der Waals surface area contributed by atoms with Crippen molar-refractivity contribution in [2.24, 2.45) is 0 Å². The number of amides is 1. The van der Waals surface area contributed by atoms with Gasteiger partial charge < -0.3 is 9.88 Å². The first-order valence-electron chi connectivity index (χ1n) is 8.73. The second-order valence-corrected chi connectivity index (χ2v) is 7.58. The summed E-state index contributed by atoms with van der Waals surface area (Å²) in [6.07, 6.45) is 3.73. The van der Waals surface area contributed by atoms with Crippen molar-refractivity contribution in [3.8, 4) is 11.3 Å². The maximum absolute atomic E-state index is 13.0. The number of rotatable bonds is 5. The Bertz CT molecular complexity index is 1050. The second-order valence-electron chi connectivity index (χ2n) is 6.63. The molecule has 138 valence electrons. The fourth-order valence-electron chi connectivity index (χ4n) is 2.95. The molecule has 0 spiro atoms. The fourth-order valence-corrected chi connectivity index (χ4v) is 3.69. The molecule has 0 bridgehead atoms. The molecule has 2 aromatic heterocycles. The molecule has 5 nitrogen and oxygen atoms in total. The molecule has 1 aliphatic rings. The van der Waals surface area contributed by atoms with E-state index in [0.717, 1.165) is 29.1 Å². The van der Waals surface area contributed by atoms with Crippen molar-refractivity contribution in [3.63, 3.8) is 0 Å². The van der Waals surface area contributed by atoms with Crippen LogP contribution in [0.4, 0.5) is 4.39 Å². The van der Waals surface area contributed by atoms with Crippen LogP contribution in [0.1, 0.15) is 39.8 Å². The second kappa shape index (κ2) is 7.08. The molecule has 0 aliphatic heterocycles. The monoisotopic (exact) mass is 383 g/mol. The van der Waals surface area contributed by atoms with Crippen molar-refractivity contribution < 1.29 is 9.18 Å². The number of carbonyl (C=O) groups excluding carboxylic acids is 1. The Morgan fingerprint density at radius 3 is 2.74 bits per heavy atom. The van der Waals surface area contributed by atoms with E-state index in [4.69, 9.17) is 0 Å². The van der Waals surface area contributed by atoms with Crippen LogP contribution in [-0.2, 0) is 6.54 Å². The molecule has 1 amide bonds. The number of benzene rings is 1. The van der Waals surface area contributed by atoms with Gasteiger partial charge in [0.05, 0.1) is 12.2 Å². The van der Waals surface area contributed by atoms with Crippen LogP contribution in [-0.4, -0.2) is 15.5 Å². The van der Waals surface area contributed by atoms with Crippen LogP contribution in [0.25, 0.3) is 11.3 Å². The number of pyridine rings is 1. The molecule has 0 atom stereocenters. The van der Waals surface area contributed by atoms with Gasteiger partial charge in [-0.3, -0.25) is 9.59 Å². The van der Waals surface area contributed by atoms with E-state index in [2.05, 4.69) is 10.3 Å². The van der Waals surface area contributed by atoms with E-state index in [9.17, 15) is 14.0 Å². The lowest BCUT2D eigenvalue weighted by molar-refractivity contribution is 0.0948. The average molecular weight is 383 g/mol. The topological polar surface area (TPSA) is 64.0 Å². The number of halogens is 1. The van der Waals surface area contributed by atoms with E-state index < -0.39 is 0 Å². The summed E-state index contributed by atoms with van der Waals surface area (Å²) in [5, 5.41) is 5.38. The van der Waals surface area contributed by atoms with E-state index in [1.807, 2.05) is 11.4 Å². The quantitative estimate of drug-likeness (QED) is 0.731. The molecule has 27 heavy (non-hydrogen) atoms. The third kappa shape index (κ3) is 3.68. The van der Waals surface area contributed by atoms with Gasteiger partial charge in [0.25, 0.3) is 11.5 Å². The van der Waals surface area contributed by atoms with Crippen molar-refractivity contribution in [2.45, 2.75) is 32.4 Å². The third-order valence-corrected chi connectivity index (χ3v) is 5.44. The smallest absolute Gasteiger partial charge is 0.263 e. The van der Waals surface area contributed by atoms with Crippen molar-refractivity contribution in [3.05, 3.63) is 74.2 Å². The fraction of sp³-hybridized carbons (Fsp3) is 0.250. The number of hydrogen-bond acceptors (Lipinski definition) is 4. The minimum absolute atomic E-state index is 0.194. The highest BCUT2D eigenvalue weighted by Crippen LogP contribution is 2.33. The van der Waals surface area contributed by atoms with Crippen LogP contribution in [0.5, 0.6) is 0 Å². The number of nitrogens with one attached hydrogen (secondary N) is 1. The highest BCUT2D eigenvalue weighted by atomic mass is 32.1. The lowest BCUT2D eigenvalue weighted by Crippen LogP contribution is -2.33. The number of nitrogens with zero attached hydrogens (tertiary/aromatic N) is 2. The number of carbonyl (C=O) groups is 1. The van der Waals surface area contributed by atoms with Crippen LogP contribution in [0.3, 0.4) is 0 Å². The van der Waals surface area contributed by atoms with Gasteiger partial charge in [0, 0.05) is 23.2 Å². The van der Waals surface area contributed by atoms with Crippen LogP contribution in [0, 0.1) is 12.7 Å². The summed E-state index contributed by atoms with van der Waals surface area (Å²) in [5.74, 6) is -0.678. The molecule has 1 aliphatic carbocycles. The van der Waals surface area contributed by atoms with Gasteiger partial charge in [-0.05, 0) is 55.7 Å². The lowest BCUT2D eigenvalue weighted by atomic mass is 10.1. The summed E-state index contributed by atoms with van der Waals surface area (Å²) in [5.41, 5.74) is 2.18. The Morgan fingerprint density at radius 1 is 1.30 bits per heavy atom. The van der Waals surface area contributed by atoms with Crippen molar-refractivity contribution >= 4 is 17.2 Å². The molecule has 1 saturated carbocycles. The van der Waals surface area contributed by atoms with Crippen LogP contribution < -0.4 is 10.9 Å². The SMILES string of the molecule is Cc1ccn(C2CC2)c(=O)c1C(=O)NCc1nc(-c2ccc(F)cc2)cs1. The van der Waals surface area contributed by atoms with Crippen molar-refractivity contribution in [1.29, 1.82) is 0 Å². The summed E-state index contributed by atoms with van der Waals surface area (Å²) in [4.78, 5) is 29.7. The van der Waals surface area contributed by atoms with E-state index >= 15 is 0 Å². The number of thiazole rings is 1. The average Bonchev–Trinajstić information content (AvgIpc) is 3.38. The maximum Gasteiger partial charge on any atom is 0.263 e. The highest BCUT2D eigenvalue weighted by Gasteiger charge is 2.27. The van der Waals surface area contributed by atoms with Crippen LogP contribution in [0.2, 0.25) is 0 Å². The van der Waals surface area contributed by atoms with E-state index in [1.54, 1.807) is 29.8 Å². The van der Waals surface area contributed by atoms with Gasteiger partial charge in [-0.2, -0.15) is 0 Å². The zero-order chi connectivity index (χ0) is 19.0. The van der Waals surface area contributed by atoms with Gasteiger partial charge in [-0.15, -0.1) is 11.3 Å². The molecule has 3 aromatic rings. The summed E-state index contributed by atoms with van der Waals surface area (Å²) < 4.78 is 14.7. The largest absolute Gasteiger partial charge is 0.345 e. The summed E-state index contributed by atoms with van der Waals surface area (Å²) >= 11 is 1.41. The van der Waals surface area contributed by atoms with Crippen molar-refractivity contribution in [1.82, 2.24) is 14.9 Å². The molecule has 0 unspecified atom stereocenters. The van der Waals surface area contributed by atoms with Crippen LogP contribution >= 0.6 is 11.3 Å². The molecule has 1 fully saturated rings. The third-order valence-electron chi connectivity index (χ3n) is 4.59. The Hall–Kier alpha value is -2.80. The number of aryl methyl sites for hydroxylation is 1. The van der Waals surface area contributed by atoms with Crippen molar-refractivity contribution in [2.75, 3.05) is 0 Å². The van der Waals surface area contributed by atoms with Gasteiger partial charge in [0.15, 0.2) is 0 Å². The molecular weight excluding hydrogens is 365 g/mol. The molecular formula is C20H18FN3O2S. The van der Waals surface area contributed by atoms with Gasteiger partial charge in [0.1, 0.15) is 16.4 Å². The van der Waals surface area contributed by atoms with Gasteiger partial charge in [-0.1, -0.05) is 0 Å². The minimum atomic E-state index is -0.383. The normalized spacial score (nSPS) is 13.6. The van der Waals surface area contributed by atoms with E-state index in [-0.39, 0.29) is 35.4 Å². The summed E-state index contributed by atoms with van der Waals surface area (Å²) in [7, 11) is 0. The first-order valence-corrected chi connectivity index (χ1v) is 9.61. The summed E-state index contributed by atoms with van der Waals surface area (Å²) in [6, 6.07) is 8.14. The van der Waals surface area contributed by atoms with Gasteiger partial charge in [0.2, 0.25) is 0 Å². The summed E-state index contributed by atoms with van der Waals surface area (Å²) in [6.45, 7) is 2.01. The molecule has 0 saturated heterocycles. The first kappa shape index (κ1) is 17.6. The Morgan fingerprint density at radius 2 is 2.04 bits per heavy atom. The molecule has 1 N–H and O–H groups in total. The van der Waals surface area contributed by atoms with Gasteiger partial charge in [-0.25, -0.2) is 9.37 Å². The molecule has 7 heteroatoms. The number of aromatic nitrogens is 2. The zero-order valence-corrected chi connectivity index (χ0v) is 15.6. The first-order chi connectivity index (χ1) is 13.0. The molecule has 0 radical (unpaired) electrons. The standard InChI is InChI=1S/C20H18FN3O2S/c1-12-8-9-24(15-6-7-15)20(26)18(12)19(25)22-10-17-23-16(11-27-17)13-2-4-14(21)5-3-13/h2-5,8-9,11,15H,6-7,10H2,1H3,(H,22,25). The molecule has 4 rings (SSSR count). The maximum atomic E-state index is 13.0. The molecule has 2 heterocycles. The van der Waals surface area contributed by atoms with Gasteiger partial charge >= 0.3 is 0 Å². The molecule has 1 aromatic carbocycles. The Balaban J connectivity index is 1.48. The zero-order valence-electron chi connectivity index (χ0n) is 14.7. The Labute approximate surface area is 159 Å². The predicted octanol–water partition coefficient (Wildman–Crippen LogP) is 3.68. The predicted molar refractivity (Wildman–Crippen MR) is 102 cm³/mol. The van der Waals surface area contributed by atoms with Crippen LogP contribution in [0.15, 0.2) is 46.7 Å². The Kier molecular flexibility index (Phi) is 4.61. The number of hydrogen-bond donors (Lipinski definition) is 1. The lowest BCUT2D eigenvalue weighted by Gasteiger charge is -2.10. The highest BCUT2D eigenvalue weighted by molar-refractivity contribution is 7.09.